The van der Waals surface area contributed by atoms with Gasteiger partial charge in [-0.2, -0.15) is 0 Å². The van der Waals surface area contributed by atoms with Crippen LogP contribution in [0.3, 0.4) is 0 Å². The number of benzene rings is 4. The fraction of sp³-hybridized carbons (Fsp3) is 0.500. The Morgan fingerprint density at radius 1 is 0.517 bits per heavy atom. The summed E-state index contributed by atoms with van der Waals surface area (Å²) < 4.78 is 12.8. The Bertz CT molecular complexity index is 1880. The van der Waals surface area contributed by atoms with Crippen molar-refractivity contribution >= 4 is 24.3 Å². The molecule has 0 saturated carbocycles. The molecule has 0 aliphatic heterocycles. The Hall–Kier alpha value is -4.04. The number of methoxy groups -OCH3 is 1. The number of hydrogen-bond donors (Lipinski definition) is 0. The molecule has 58 heavy (non-hydrogen) atoms. The first-order valence-electron chi connectivity index (χ1n) is 23.4. The second-order valence-corrected chi connectivity index (χ2v) is 17.4. The summed E-state index contributed by atoms with van der Waals surface area (Å²) in [5.74, 6) is 2.31. The zero-order valence-electron chi connectivity index (χ0n) is 37.6. The smallest absolute Gasteiger partial charge is 0.127 e. The van der Waals surface area contributed by atoms with Gasteiger partial charge in [-0.3, -0.25) is 0 Å². The Kier molecular flexibility index (Phi) is 18.3. The molecule has 0 aromatic heterocycles. The molecule has 1 unspecified atom stereocenters. The SMILES string of the molecule is CCCCCCCCC1(CCCCCCCC)c2cc(C)ccc2-c2ccc(/C=C/c3cc(OCC(CC)CCCC)c(/C=C/c4ccc(C)cc4)cc3OC)cc21. The van der Waals surface area contributed by atoms with E-state index >= 15 is 0 Å². The molecule has 0 fully saturated rings. The van der Waals surface area contributed by atoms with Gasteiger partial charge in [-0.1, -0.05) is 220 Å². The molecule has 1 atom stereocenters. The average Bonchev–Trinajstić information content (AvgIpc) is 3.50. The van der Waals surface area contributed by atoms with Crippen molar-refractivity contribution in [1.29, 1.82) is 0 Å². The topological polar surface area (TPSA) is 18.5 Å². The molecular weight excluding hydrogens is 705 g/mol. The van der Waals surface area contributed by atoms with Gasteiger partial charge in [-0.15, -0.1) is 0 Å². The lowest BCUT2D eigenvalue weighted by Gasteiger charge is -2.33. The van der Waals surface area contributed by atoms with Gasteiger partial charge in [0.05, 0.1) is 13.7 Å². The summed E-state index contributed by atoms with van der Waals surface area (Å²) in [6.45, 7) is 14.3. The van der Waals surface area contributed by atoms with Crippen LogP contribution in [0.25, 0.3) is 35.4 Å². The van der Waals surface area contributed by atoms with E-state index in [-0.39, 0.29) is 5.41 Å². The molecule has 0 bridgehead atoms. The van der Waals surface area contributed by atoms with Crippen LogP contribution in [0.4, 0.5) is 0 Å². The molecule has 0 radical (unpaired) electrons. The monoisotopic (exact) mass is 781 g/mol. The van der Waals surface area contributed by atoms with E-state index in [9.17, 15) is 0 Å². The highest BCUT2D eigenvalue weighted by Gasteiger charge is 2.42. The van der Waals surface area contributed by atoms with Crippen LogP contribution in [0.15, 0.2) is 72.8 Å². The molecule has 4 aromatic rings. The van der Waals surface area contributed by atoms with Crippen molar-refractivity contribution in [3.63, 3.8) is 0 Å². The molecule has 2 heteroatoms. The molecule has 2 nitrogen and oxygen atoms in total. The van der Waals surface area contributed by atoms with Crippen molar-refractivity contribution in [1.82, 2.24) is 0 Å². The maximum atomic E-state index is 6.72. The number of hydrogen-bond acceptors (Lipinski definition) is 2. The highest BCUT2D eigenvalue weighted by Crippen LogP contribution is 2.55. The van der Waals surface area contributed by atoms with Crippen LogP contribution in [-0.2, 0) is 5.41 Å². The maximum Gasteiger partial charge on any atom is 0.127 e. The standard InChI is InChI=1S/C56H76O2/c1-8-12-15-17-19-21-36-56(37-22-20-18-16-13-9-2)52-38-44(6)26-34-50(52)51-35-31-47(39-53(51)56)30-33-48-41-55(58-42-45(11-4)23-14-10-3)49(40-54(48)57-7)32-29-46-27-24-43(5)25-28-46/h24-35,38-41,45H,8-23,36-37,42H2,1-7H3/b32-29+,33-30+. The van der Waals surface area contributed by atoms with Crippen molar-refractivity contribution in [2.24, 2.45) is 5.92 Å². The minimum Gasteiger partial charge on any atom is -0.496 e. The third-order valence-electron chi connectivity index (χ3n) is 12.8. The molecule has 0 spiro atoms. The zero-order valence-corrected chi connectivity index (χ0v) is 37.6. The summed E-state index contributed by atoms with van der Waals surface area (Å²) in [6.07, 6.45) is 32.1. The maximum absolute atomic E-state index is 6.72. The second kappa shape index (κ2) is 23.5. The normalized spacial score (nSPS) is 13.6. The summed E-state index contributed by atoms with van der Waals surface area (Å²) in [7, 11) is 1.78. The first kappa shape index (κ1) is 45.1. The Morgan fingerprint density at radius 2 is 1.03 bits per heavy atom. The lowest BCUT2D eigenvalue weighted by atomic mass is 9.70. The van der Waals surface area contributed by atoms with E-state index in [1.54, 1.807) is 18.2 Å². The van der Waals surface area contributed by atoms with Crippen LogP contribution in [0, 0.1) is 19.8 Å². The van der Waals surface area contributed by atoms with Gasteiger partial charge in [0.25, 0.3) is 0 Å². The quantitative estimate of drug-likeness (QED) is 0.0467. The molecule has 0 amide bonds. The average molecular weight is 781 g/mol. The summed E-state index contributed by atoms with van der Waals surface area (Å²) in [5.41, 5.74) is 13.2. The number of rotatable bonds is 26. The molecule has 1 aliphatic carbocycles. The largest absolute Gasteiger partial charge is 0.496 e. The molecule has 4 aromatic carbocycles. The van der Waals surface area contributed by atoms with Gasteiger partial charge >= 0.3 is 0 Å². The molecular formula is C56H76O2. The van der Waals surface area contributed by atoms with E-state index in [4.69, 9.17) is 9.47 Å². The van der Waals surface area contributed by atoms with E-state index in [0.29, 0.717) is 5.92 Å². The predicted molar refractivity (Wildman–Crippen MR) is 254 cm³/mol. The summed E-state index contributed by atoms with van der Waals surface area (Å²) in [5, 5.41) is 0. The lowest BCUT2D eigenvalue weighted by molar-refractivity contribution is 0.232. The Morgan fingerprint density at radius 3 is 1.66 bits per heavy atom. The van der Waals surface area contributed by atoms with E-state index in [1.807, 2.05) is 0 Å². The van der Waals surface area contributed by atoms with Crippen molar-refractivity contribution < 1.29 is 9.47 Å². The van der Waals surface area contributed by atoms with Gasteiger partial charge in [0.2, 0.25) is 0 Å². The van der Waals surface area contributed by atoms with E-state index in [0.717, 1.165) is 35.7 Å². The van der Waals surface area contributed by atoms with Gasteiger partial charge in [-0.25, -0.2) is 0 Å². The molecule has 0 heterocycles. The van der Waals surface area contributed by atoms with Crippen LogP contribution in [0.1, 0.15) is 188 Å². The van der Waals surface area contributed by atoms with Crippen LogP contribution >= 0.6 is 0 Å². The van der Waals surface area contributed by atoms with Gasteiger partial charge in [0.15, 0.2) is 0 Å². The molecule has 0 saturated heterocycles. The molecule has 1 aliphatic rings. The predicted octanol–water partition coefficient (Wildman–Crippen LogP) is 17.0. The van der Waals surface area contributed by atoms with Gasteiger partial charge < -0.3 is 9.47 Å². The van der Waals surface area contributed by atoms with Crippen LogP contribution in [0.2, 0.25) is 0 Å². The minimum absolute atomic E-state index is 0.0633. The van der Waals surface area contributed by atoms with Crippen LogP contribution < -0.4 is 9.47 Å². The Labute approximate surface area is 354 Å². The highest BCUT2D eigenvalue weighted by atomic mass is 16.5. The Balaban J connectivity index is 1.50. The number of ether oxygens (including phenoxy) is 2. The first-order chi connectivity index (χ1) is 28.3. The van der Waals surface area contributed by atoms with Crippen molar-refractivity contribution in [3.8, 4) is 22.6 Å². The second-order valence-electron chi connectivity index (χ2n) is 17.4. The van der Waals surface area contributed by atoms with E-state index in [1.165, 1.54) is 143 Å². The molecule has 5 rings (SSSR count). The lowest BCUT2D eigenvalue weighted by Crippen LogP contribution is -2.25. The van der Waals surface area contributed by atoms with Gasteiger partial charge in [-0.05, 0) is 84.5 Å². The zero-order chi connectivity index (χ0) is 41.2. The van der Waals surface area contributed by atoms with Crippen molar-refractivity contribution in [3.05, 3.63) is 117 Å². The summed E-state index contributed by atoms with van der Waals surface area (Å²) in [4.78, 5) is 0. The number of aryl methyl sites for hydroxylation is 2. The molecule has 312 valence electrons. The fourth-order valence-electron chi connectivity index (χ4n) is 9.12. The van der Waals surface area contributed by atoms with E-state index in [2.05, 4.69) is 139 Å². The van der Waals surface area contributed by atoms with Crippen molar-refractivity contribution in [2.45, 2.75) is 163 Å². The number of unbranched alkanes of at least 4 members (excludes halogenated alkanes) is 11. The summed E-state index contributed by atoms with van der Waals surface area (Å²) >= 11 is 0. The summed E-state index contributed by atoms with van der Waals surface area (Å²) in [6, 6.07) is 27.6. The van der Waals surface area contributed by atoms with Gasteiger partial charge in [0, 0.05) is 16.5 Å². The first-order valence-corrected chi connectivity index (χ1v) is 23.4. The molecule has 0 N–H and O–H groups in total. The van der Waals surface area contributed by atoms with Gasteiger partial charge in [0.1, 0.15) is 11.5 Å². The van der Waals surface area contributed by atoms with Crippen molar-refractivity contribution in [2.75, 3.05) is 13.7 Å². The van der Waals surface area contributed by atoms with E-state index < -0.39 is 0 Å². The fourth-order valence-corrected chi connectivity index (χ4v) is 9.12. The number of fused-ring (bicyclic) bond motifs is 3. The third kappa shape index (κ3) is 12.2. The third-order valence-corrected chi connectivity index (χ3v) is 12.8. The highest BCUT2D eigenvalue weighted by molar-refractivity contribution is 5.84. The van der Waals surface area contributed by atoms with Crippen LogP contribution in [-0.4, -0.2) is 13.7 Å². The van der Waals surface area contributed by atoms with Crippen LogP contribution in [0.5, 0.6) is 11.5 Å². The minimum atomic E-state index is 0.0633.